The number of carbonyl (C=O) groups is 2. The van der Waals surface area contributed by atoms with Crippen LogP contribution in [0.3, 0.4) is 0 Å². The van der Waals surface area contributed by atoms with Gasteiger partial charge < -0.3 is 10.2 Å². The zero-order valence-electron chi connectivity index (χ0n) is 14.0. The highest BCUT2D eigenvalue weighted by molar-refractivity contribution is 14.1. The number of piperidine rings is 1. The molecule has 1 aromatic carbocycles. The summed E-state index contributed by atoms with van der Waals surface area (Å²) in [5.41, 5.74) is 1.90. The Bertz CT molecular complexity index is 760. The molecule has 5 nitrogen and oxygen atoms in total. The van der Waals surface area contributed by atoms with Crippen molar-refractivity contribution in [2.24, 2.45) is 5.92 Å². The van der Waals surface area contributed by atoms with Gasteiger partial charge in [-0.25, -0.2) is 4.98 Å². The fourth-order valence-corrected chi connectivity index (χ4v) is 4.02. The molecule has 7 heteroatoms. The summed E-state index contributed by atoms with van der Waals surface area (Å²) in [4.78, 5) is 30.7. The Balaban J connectivity index is 1.63. The summed E-state index contributed by atoms with van der Waals surface area (Å²) in [6, 6.07) is 8.12. The van der Waals surface area contributed by atoms with E-state index in [1.165, 1.54) is 14.9 Å². The molecule has 1 aromatic heterocycles. The van der Waals surface area contributed by atoms with Crippen LogP contribution in [0.2, 0.25) is 0 Å². The zero-order valence-corrected chi connectivity index (χ0v) is 17.0. The number of anilines is 1. The molecule has 0 spiro atoms. The fourth-order valence-electron chi connectivity index (χ4n) is 2.93. The molecule has 1 N–H and O–H groups in total. The van der Waals surface area contributed by atoms with Gasteiger partial charge in [-0.05, 0) is 47.6 Å². The van der Waals surface area contributed by atoms with Gasteiger partial charge in [-0.1, -0.05) is 19.1 Å². The quantitative estimate of drug-likeness (QED) is 0.689. The van der Waals surface area contributed by atoms with Crippen molar-refractivity contribution in [1.29, 1.82) is 0 Å². The van der Waals surface area contributed by atoms with Gasteiger partial charge in [-0.3, -0.25) is 9.59 Å². The second-order valence-corrected chi connectivity index (χ2v) is 8.17. The zero-order chi connectivity index (χ0) is 17.8. The molecule has 1 aliphatic rings. The Morgan fingerprint density at radius 3 is 2.84 bits per heavy atom. The van der Waals surface area contributed by atoms with Crippen molar-refractivity contribution in [3.8, 4) is 11.3 Å². The molecule has 2 heterocycles. The molecular weight excluding hydrogens is 449 g/mol. The molecule has 0 bridgehead atoms. The van der Waals surface area contributed by atoms with Crippen LogP contribution in [0.15, 0.2) is 29.6 Å². The molecule has 0 saturated carbocycles. The van der Waals surface area contributed by atoms with Crippen molar-refractivity contribution in [3.05, 3.63) is 33.2 Å². The molecule has 1 atom stereocenters. The maximum Gasteiger partial charge on any atom is 0.231 e. The number of nitrogens with one attached hydrogen (secondary N) is 1. The van der Waals surface area contributed by atoms with Crippen LogP contribution in [0, 0.1) is 9.49 Å². The third-order valence-electron chi connectivity index (χ3n) is 4.32. The Labute approximate surface area is 165 Å². The van der Waals surface area contributed by atoms with Gasteiger partial charge >= 0.3 is 0 Å². The number of hydrogen-bond donors (Lipinski definition) is 1. The largest absolute Gasteiger partial charge is 0.342 e. The Morgan fingerprint density at radius 2 is 2.12 bits per heavy atom. The SMILES string of the molecule is CCC(=O)N1CCCC(C(=O)Nc2nc(-c3ccc(I)cc3)cs2)C1. The highest BCUT2D eigenvalue weighted by atomic mass is 127. The first-order valence-corrected chi connectivity index (χ1v) is 10.3. The number of carbonyl (C=O) groups excluding carboxylic acids is 2. The van der Waals surface area contributed by atoms with Gasteiger partial charge in [-0.15, -0.1) is 11.3 Å². The van der Waals surface area contributed by atoms with E-state index in [0.717, 1.165) is 30.6 Å². The number of aromatic nitrogens is 1. The maximum atomic E-state index is 12.5. The number of thiazole rings is 1. The lowest BCUT2D eigenvalue weighted by Gasteiger charge is -2.31. The van der Waals surface area contributed by atoms with Gasteiger partial charge in [0.15, 0.2) is 5.13 Å². The van der Waals surface area contributed by atoms with Gasteiger partial charge in [0.1, 0.15) is 0 Å². The molecule has 3 rings (SSSR count). The van der Waals surface area contributed by atoms with Crippen molar-refractivity contribution in [2.75, 3.05) is 18.4 Å². The summed E-state index contributed by atoms with van der Waals surface area (Å²) in [6.07, 6.45) is 2.17. The van der Waals surface area contributed by atoms with Gasteiger partial charge in [0, 0.05) is 34.0 Å². The van der Waals surface area contributed by atoms with Crippen molar-refractivity contribution in [2.45, 2.75) is 26.2 Å². The number of benzene rings is 1. The number of nitrogens with zero attached hydrogens (tertiary/aromatic N) is 2. The minimum absolute atomic E-state index is 0.0443. The van der Waals surface area contributed by atoms with Gasteiger partial charge in [0.05, 0.1) is 11.6 Å². The lowest BCUT2D eigenvalue weighted by atomic mass is 9.97. The Hall–Kier alpha value is -1.48. The maximum absolute atomic E-state index is 12.5. The topological polar surface area (TPSA) is 62.3 Å². The smallest absolute Gasteiger partial charge is 0.231 e. The molecular formula is C18H20IN3O2S. The first-order chi connectivity index (χ1) is 12.1. The molecule has 2 aromatic rings. The lowest BCUT2D eigenvalue weighted by Crippen LogP contribution is -2.43. The summed E-state index contributed by atoms with van der Waals surface area (Å²) in [5, 5.41) is 5.48. The normalized spacial score (nSPS) is 17.4. The van der Waals surface area contributed by atoms with Crippen LogP contribution in [0.4, 0.5) is 5.13 Å². The van der Waals surface area contributed by atoms with Crippen LogP contribution < -0.4 is 5.32 Å². The van der Waals surface area contributed by atoms with E-state index in [-0.39, 0.29) is 17.7 Å². The summed E-state index contributed by atoms with van der Waals surface area (Å²) in [7, 11) is 0. The number of amides is 2. The molecule has 25 heavy (non-hydrogen) atoms. The van der Waals surface area contributed by atoms with Crippen molar-refractivity contribution in [1.82, 2.24) is 9.88 Å². The van der Waals surface area contributed by atoms with Gasteiger partial charge in [0.2, 0.25) is 11.8 Å². The van der Waals surface area contributed by atoms with E-state index in [2.05, 4.69) is 32.9 Å². The lowest BCUT2D eigenvalue weighted by molar-refractivity contribution is -0.134. The van der Waals surface area contributed by atoms with E-state index >= 15 is 0 Å². The van der Waals surface area contributed by atoms with Crippen LogP contribution in [0.5, 0.6) is 0 Å². The molecule has 1 fully saturated rings. The third kappa shape index (κ3) is 4.58. The van der Waals surface area contributed by atoms with Crippen LogP contribution in [-0.4, -0.2) is 34.8 Å². The van der Waals surface area contributed by atoms with E-state index in [0.29, 0.717) is 18.1 Å². The first kappa shape index (κ1) is 18.3. The molecule has 132 valence electrons. The summed E-state index contributed by atoms with van der Waals surface area (Å²) in [6.45, 7) is 3.12. The van der Waals surface area contributed by atoms with E-state index in [1.54, 1.807) is 4.90 Å². The second kappa shape index (κ2) is 8.27. The van der Waals surface area contributed by atoms with E-state index in [1.807, 2.05) is 36.6 Å². The van der Waals surface area contributed by atoms with Crippen LogP contribution in [-0.2, 0) is 9.59 Å². The van der Waals surface area contributed by atoms with Crippen LogP contribution >= 0.6 is 33.9 Å². The minimum Gasteiger partial charge on any atom is -0.342 e. The Morgan fingerprint density at radius 1 is 1.36 bits per heavy atom. The molecule has 1 unspecified atom stereocenters. The van der Waals surface area contributed by atoms with E-state index in [9.17, 15) is 9.59 Å². The van der Waals surface area contributed by atoms with Crippen molar-refractivity contribution >= 4 is 50.9 Å². The average molecular weight is 469 g/mol. The van der Waals surface area contributed by atoms with Gasteiger partial charge in [-0.2, -0.15) is 0 Å². The minimum atomic E-state index is -0.157. The monoisotopic (exact) mass is 469 g/mol. The third-order valence-corrected chi connectivity index (χ3v) is 5.80. The van der Waals surface area contributed by atoms with Crippen molar-refractivity contribution < 1.29 is 9.59 Å². The molecule has 2 amide bonds. The highest BCUT2D eigenvalue weighted by Crippen LogP contribution is 2.26. The van der Waals surface area contributed by atoms with Crippen LogP contribution in [0.25, 0.3) is 11.3 Å². The van der Waals surface area contributed by atoms with Gasteiger partial charge in [0.25, 0.3) is 0 Å². The summed E-state index contributed by atoms with van der Waals surface area (Å²) >= 11 is 3.69. The molecule has 1 saturated heterocycles. The predicted molar refractivity (Wildman–Crippen MR) is 108 cm³/mol. The molecule has 0 radical (unpaired) electrons. The number of likely N-dealkylation sites (tertiary alicyclic amines) is 1. The standard InChI is InChI=1S/C18H20IN3O2S/c1-2-16(23)22-9-3-4-13(10-22)17(24)21-18-20-15(11-25-18)12-5-7-14(19)8-6-12/h5-8,11,13H,2-4,9-10H2,1H3,(H,20,21,24). The Kier molecular flexibility index (Phi) is 6.06. The first-order valence-electron chi connectivity index (χ1n) is 8.37. The van der Waals surface area contributed by atoms with Crippen molar-refractivity contribution in [3.63, 3.8) is 0 Å². The average Bonchev–Trinajstić information content (AvgIpc) is 3.10. The summed E-state index contributed by atoms with van der Waals surface area (Å²) < 4.78 is 1.17. The second-order valence-electron chi connectivity index (χ2n) is 6.07. The van der Waals surface area contributed by atoms with E-state index < -0.39 is 0 Å². The number of hydrogen-bond acceptors (Lipinski definition) is 4. The molecule has 0 aliphatic carbocycles. The molecule has 1 aliphatic heterocycles. The predicted octanol–water partition coefficient (Wildman–Crippen LogP) is 4.00. The highest BCUT2D eigenvalue weighted by Gasteiger charge is 2.28. The number of rotatable bonds is 4. The number of halogens is 1. The fraction of sp³-hybridized carbons (Fsp3) is 0.389. The van der Waals surface area contributed by atoms with Crippen LogP contribution in [0.1, 0.15) is 26.2 Å². The van der Waals surface area contributed by atoms with E-state index in [4.69, 9.17) is 0 Å². The summed E-state index contributed by atoms with van der Waals surface area (Å²) in [5.74, 6) is -0.0836.